The quantitative estimate of drug-likeness (QED) is 0.861. The molecule has 0 aliphatic carbocycles. The number of rotatable bonds is 3. The fourth-order valence-electron chi connectivity index (χ4n) is 2.55. The highest BCUT2D eigenvalue weighted by Crippen LogP contribution is 2.31. The Kier molecular flexibility index (Phi) is 4.31. The molecule has 0 aromatic carbocycles. The average molecular weight is 284 g/mol. The molecule has 1 atom stereocenters. The highest BCUT2D eigenvalue weighted by Gasteiger charge is 2.29. The zero-order valence-corrected chi connectivity index (χ0v) is 12.8. The first-order chi connectivity index (χ1) is 8.89. The molecule has 4 nitrogen and oxygen atoms in total. The van der Waals surface area contributed by atoms with Gasteiger partial charge >= 0.3 is 0 Å². The van der Waals surface area contributed by atoms with Gasteiger partial charge in [-0.05, 0) is 32.6 Å². The zero-order valence-electron chi connectivity index (χ0n) is 12.0. The van der Waals surface area contributed by atoms with Crippen molar-refractivity contribution in [3.8, 4) is 0 Å². The molecule has 0 spiro atoms. The maximum Gasteiger partial charge on any atom is 0.138 e. The Hall–Kier alpha value is -0.870. The van der Waals surface area contributed by atoms with E-state index in [1.807, 2.05) is 0 Å². The Morgan fingerprint density at radius 2 is 2.16 bits per heavy atom. The van der Waals surface area contributed by atoms with Gasteiger partial charge in [-0.2, -0.15) is 0 Å². The molecule has 1 aromatic heterocycles. The molecule has 2 rings (SSSR count). The maximum atomic E-state index is 6.18. The van der Waals surface area contributed by atoms with Gasteiger partial charge in [0.05, 0.1) is 5.60 Å². The summed E-state index contributed by atoms with van der Waals surface area (Å²) in [4.78, 5) is 8.43. The second-order valence-electron chi connectivity index (χ2n) is 6.02. The molecule has 1 aromatic rings. The van der Waals surface area contributed by atoms with Crippen LogP contribution in [0, 0.1) is 0 Å². The third kappa shape index (κ3) is 3.57. The molecule has 1 N–H and O–H groups in total. The Bertz CT molecular complexity index is 448. The van der Waals surface area contributed by atoms with Crippen LogP contribution in [0.2, 0.25) is 5.15 Å². The van der Waals surface area contributed by atoms with Crippen LogP contribution in [0.5, 0.6) is 0 Å². The molecule has 1 unspecified atom stereocenters. The third-order valence-corrected chi connectivity index (χ3v) is 3.75. The van der Waals surface area contributed by atoms with Gasteiger partial charge in [-0.3, -0.25) is 0 Å². The fourth-order valence-corrected chi connectivity index (χ4v) is 2.90. The molecule has 0 radical (unpaired) electrons. The van der Waals surface area contributed by atoms with Crippen molar-refractivity contribution in [3.63, 3.8) is 0 Å². The highest BCUT2D eigenvalue weighted by atomic mass is 35.5. The molecular weight excluding hydrogens is 262 g/mol. The maximum absolute atomic E-state index is 6.18. The summed E-state index contributed by atoms with van der Waals surface area (Å²) in [7, 11) is 0. The summed E-state index contributed by atoms with van der Waals surface area (Å²) >= 11 is 6.18. The lowest BCUT2D eigenvalue weighted by molar-refractivity contribution is -0.0553. The second-order valence-corrected chi connectivity index (χ2v) is 6.38. The summed E-state index contributed by atoms with van der Waals surface area (Å²) < 4.78 is 5.74. The number of anilines is 1. The van der Waals surface area contributed by atoms with Crippen LogP contribution in [-0.2, 0) is 4.74 Å². The van der Waals surface area contributed by atoms with Gasteiger partial charge in [0.25, 0.3) is 0 Å². The minimum absolute atomic E-state index is 0.0786. The minimum atomic E-state index is -0.0786. The summed E-state index contributed by atoms with van der Waals surface area (Å²) in [6.45, 7) is 9.22. The van der Waals surface area contributed by atoms with Crippen molar-refractivity contribution in [1.29, 1.82) is 0 Å². The molecule has 1 aliphatic rings. The van der Waals surface area contributed by atoms with E-state index in [0.717, 1.165) is 30.8 Å². The van der Waals surface area contributed by atoms with E-state index in [9.17, 15) is 0 Å². The Morgan fingerprint density at radius 3 is 2.79 bits per heavy atom. The van der Waals surface area contributed by atoms with E-state index in [2.05, 4.69) is 43.0 Å². The number of hydrogen-bond donors (Lipinski definition) is 1. The van der Waals surface area contributed by atoms with Gasteiger partial charge in [-0.25, -0.2) is 9.97 Å². The first-order valence-electron chi connectivity index (χ1n) is 6.80. The van der Waals surface area contributed by atoms with Crippen LogP contribution in [0.15, 0.2) is 6.33 Å². The van der Waals surface area contributed by atoms with Crippen LogP contribution in [0.3, 0.4) is 0 Å². The van der Waals surface area contributed by atoms with Crippen molar-refractivity contribution in [1.82, 2.24) is 9.97 Å². The molecule has 1 fully saturated rings. The Labute approximate surface area is 119 Å². The van der Waals surface area contributed by atoms with Gasteiger partial charge in [0, 0.05) is 18.2 Å². The SMILES string of the molecule is CC(C)c1c(Cl)ncnc1NC1CCOC(C)(C)C1. The van der Waals surface area contributed by atoms with Gasteiger partial charge in [0.2, 0.25) is 0 Å². The number of ether oxygens (including phenoxy) is 1. The Balaban J connectivity index is 2.17. The summed E-state index contributed by atoms with van der Waals surface area (Å²) in [6, 6.07) is 0.368. The van der Waals surface area contributed by atoms with Crippen molar-refractivity contribution >= 4 is 17.4 Å². The molecular formula is C14H22ClN3O. The normalized spacial score (nSPS) is 22.5. The van der Waals surface area contributed by atoms with Gasteiger partial charge in [-0.1, -0.05) is 25.4 Å². The van der Waals surface area contributed by atoms with Crippen molar-refractivity contribution in [2.45, 2.75) is 58.1 Å². The van der Waals surface area contributed by atoms with Crippen LogP contribution in [0.4, 0.5) is 5.82 Å². The van der Waals surface area contributed by atoms with Crippen molar-refractivity contribution in [2.75, 3.05) is 11.9 Å². The van der Waals surface area contributed by atoms with Gasteiger partial charge in [-0.15, -0.1) is 0 Å². The number of nitrogens with one attached hydrogen (secondary N) is 1. The standard InChI is InChI=1S/C14H22ClN3O/c1-9(2)11-12(15)16-8-17-13(11)18-10-5-6-19-14(3,4)7-10/h8-10H,5-7H2,1-4H3,(H,16,17,18). The van der Waals surface area contributed by atoms with Crippen LogP contribution in [0.25, 0.3) is 0 Å². The Morgan fingerprint density at radius 1 is 1.42 bits per heavy atom. The molecule has 106 valence electrons. The molecule has 1 aliphatic heterocycles. The van der Waals surface area contributed by atoms with E-state index in [0.29, 0.717) is 17.1 Å². The fraction of sp³-hybridized carbons (Fsp3) is 0.714. The van der Waals surface area contributed by atoms with Crippen LogP contribution >= 0.6 is 11.6 Å². The molecule has 0 bridgehead atoms. The predicted molar refractivity (Wildman–Crippen MR) is 77.8 cm³/mol. The number of hydrogen-bond acceptors (Lipinski definition) is 4. The first kappa shape index (κ1) is 14.5. The highest BCUT2D eigenvalue weighted by molar-refractivity contribution is 6.30. The topological polar surface area (TPSA) is 47.0 Å². The third-order valence-electron chi connectivity index (χ3n) is 3.45. The average Bonchev–Trinajstić information content (AvgIpc) is 2.26. The second kappa shape index (κ2) is 5.63. The largest absolute Gasteiger partial charge is 0.375 e. The van der Waals surface area contributed by atoms with Crippen LogP contribution in [0.1, 0.15) is 52.0 Å². The van der Waals surface area contributed by atoms with Crippen LogP contribution in [-0.4, -0.2) is 28.2 Å². The van der Waals surface area contributed by atoms with E-state index in [4.69, 9.17) is 16.3 Å². The van der Waals surface area contributed by atoms with E-state index in [1.165, 1.54) is 6.33 Å². The molecule has 5 heteroatoms. The van der Waals surface area contributed by atoms with Gasteiger partial charge in [0.15, 0.2) is 0 Å². The minimum Gasteiger partial charge on any atom is -0.375 e. The lowest BCUT2D eigenvalue weighted by Gasteiger charge is -2.36. The number of halogens is 1. The number of aromatic nitrogens is 2. The summed E-state index contributed by atoms with van der Waals surface area (Å²) in [5.41, 5.74) is 0.915. The molecule has 0 saturated carbocycles. The van der Waals surface area contributed by atoms with E-state index in [-0.39, 0.29) is 5.60 Å². The summed E-state index contributed by atoms with van der Waals surface area (Å²) in [5.74, 6) is 1.15. The molecule has 0 amide bonds. The zero-order chi connectivity index (χ0) is 14.0. The molecule has 2 heterocycles. The molecule has 19 heavy (non-hydrogen) atoms. The van der Waals surface area contributed by atoms with E-state index < -0.39 is 0 Å². The van der Waals surface area contributed by atoms with Crippen molar-refractivity contribution in [3.05, 3.63) is 17.0 Å². The van der Waals surface area contributed by atoms with Crippen molar-refractivity contribution in [2.24, 2.45) is 0 Å². The van der Waals surface area contributed by atoms with Gasteiger partial charge < -0.3 is 10.1 Å². The lowest BCUT2D eigenvalue weighted by atomic mass is 9.93. The van der Waals surface area contributed by atoms with Crippen LogP contribution < -0.4 is 5.32 Å². The van der Waals surface area contributed by atoms with Gasteiger partial charge in [0.1, 0.15) is 17.3 Å². The monoisotopic (exact) mass is 283 g/mol. The van der Waals surface area contributed by atoms with E-state index in [1.54, 1.807) is 0 Å². The summed E-state index contributed by atoms with van der Waals surface area (Å²) in [6.07, 6.45) is 3.47. The van der Waals surface area contributed by atoms with E-state index >= 15 is 0 Å². The lowest BCUT2D eigenvalue weighted by Crippen LogP contribution is -2.40. The predicted octanol–water partition coefficient (Wildman–Crippen LogP) is 3.62. The van der Waals surface area contributed by atoms with Crippen molar-refractivity contribution < 1.29 is 4.74 Å². The smallest absolute Gasteiger partial charge is 0.138 e. The molecule has 1 saturated heterocycles. The number of nitrogens with zero attached hydrogens (tertiary/aromatic N) is 2. The first-order valence-corrected chi connectivity index (χ1v) is 7.18. The summed E-state index contributed by atoms with van der Waals surface area (Å²) in [5, 5.41) is 4.05.